The van der Waals surface area contributed by atoms with Crippen LogP contribution >= 0.6 is 0 Å². The van der Waals surface area contributed by atoms with Crippen molar-refractivity contribution in [1.29, 1.82) is 0 Å². The van der Waals surface area contributed by atoms with E-state index in [9.17, 15) is 15.0 Å². The zero-order chi connectivity index (χ0) is 19.0. The molecule has 0 aliphatic carbocycles. The molecule has 2 N–H and O–H groups in total. The van der Waals surface area contributed by atoms with Gasteiger partial charge >= 0.3 is 0 Å². The van der Waals surface area contributed by atoms with Gasteiger partial charge in [-0.1, -0.05) is 31.1 Å². The van der Waals surface area contributed by atoms with Gasteiger partial charge in [-0.05, 0) is 46.1 Å². The first-order chi connectivity index (χ1) is 11.8. The predicted molar refractivity (Wildman–Crippen MR) is 101 cm³/mol. The van der Waals surface area contributed by atoms with E-state index in [-0.39, 0.29) is 41.1 Å². The van der Waals surface area contributed by atoms with Crippen molar-refractivity contribution in [3.05, 3.63) is 41.0 Å². The molecule has 138 valence electrons. The van der Waals surface area contributed by atoms with Gasteiger partial charge in [0.15, 0.2) is 5.78 Å². The lowest BCUT2D eigenvalue weighted by Gasteiger charge is -2.15. The largest absolute Gasteiger partial charge is 0.508 e. The van der Waals surface area contributed by atoms with Crippen molar-refractivity contribution < 1.29 is 19.7 Å². The molecule has 0 aromatic heterocycles. The van der Waals surface area contributed by atoms with Crippen molar-refractivity contribution in [3.63, 3.8) is 0 Å². The third kappa shape index (κ3) is 6.65. The number of phenols is 2. The Hall–Kier alpha value is -2.23. The van der Waals surface area contributed by atoms with Crippen molar-refractivity contribution >= 4 is 5.78 Å². The molecule has 4 nitrogen and oxygen atoms in total. The van der Waals surface area contributed by atoms with Crippen LogP contribution in [0.25, 0.3) is 0 Å². The molecule has 0 saturated carbocycles. The van der Waals surface area contributed by atoms with E-state index in [1.165, 1.54) is 23.3 Å². The minimum Gasteiger partial charge on any atom is -0.508 e. The molecule has 0 fully saturated rings. The molecule has 1 aromatic rings. The van der Waals surface area contributed by atoms with E-state index in [4.69, 9.17) is 4.74 Å². The van der Waals surface area contributed by atoms with Gasteiger partial charge in [0.1, 0.15) is 29.4 Å². The van der Waals surface area contributed by atoms with Gasteiger partial charge in [-0.25, -0.2) is 0 Å². The fourth-order valence-electron chi connectivity index (χ4n) is 2.34. The van der Waals surface area contributed by atoms with Crippen LogP contribution in [-0.4, -0.2) is 22.6 Å². The molecule has 0 bridgehead atoms. The van der Waals surface area contributed by atoms with E-state index in [1.54, 1.807) is 0 Å². The summed E-state index contributed by atoms with van der Waals surface area (Å²) in [6.07, 6.45) is 6.74. The number of phenolic OH excluding ortho intramolecular Hbond substituents is 2. The highest BCUT2D eigenvalue weighted by Crippen LogP contribution is 2.35. The number of Topliss-reactive ketones (excluding diaryl/α,β-unsaturated/α-hetero) is 1. The molecule has 0 saturated heterocycles. The van der Waals surface area contributed by atoms with Gasteiger partial charge in [-0.2, -0.15) is 0 Å². The number of carbonyl (C=O) groups is 1. The molecule has 1 atom stereocenters. The van der Waals surface area contributed by atoms with E-state index in [0.29, 0.717) is 6.42 Å². The third-order valence-corrected chi connectivity index (χ3v) is 4.13. The summed E-state index contributed by atoms with van der Waals surface area (Å²) in [6, 6.07) is 2.55. The van der Waals surface area contributed by atoms with Gasteiger partial charge in [-0.15, -0.1) is 0 Å². The molecule has 0 aliphatic rings. The summed E-state index contributed by atoms with van der Waals surface area (Å²) in [5.41, 5.74) is 2.63. The quantitative estimate of drug-likeness (QED) is 0.464. The second-order valence-corrected chi connectivity index (χ2v) is 6.69. The van der Waals surface area contributed by atoms with Crippen molar-refractivity contribution in [2.75, 3.05) is 6.61 Å². The lowest BCUT2D eigenvalue weighted by atomic mass is 9.95. The van der Waals surface area contributed by atoms with Crippen LogP contribution in [-0.2, 0) is 0 Å². The number of ketones is 1. The van der Waals surface area contributed by atoms with Crippen LogP contribution in [0.15, 0.2) is 35.4 Å². The van der Waals surface area contributed by atoms with Crippen molar-refractivity contribution in [2.24, 2.45) is 5.92 Å². The smallest absolute Gasteiger partial charge is 0.173 e. The summed E-state index contributed by atoms with van der Waals surface area (Å²) in [6.45, 7) is 10.2. The summed E-state index contributed by atoms with van der Waals surface area (Å²) in [4.78, 5) is 12.5. The van der Waals surface area contributed by atoms with Gasteiger partial charge in [0, 0.05) is 18.1 Å². The topological polar surface area (TPSA) is 66.8 Å². The van der Waals surface area contributed by atoms with Gasteiger partial charge in [0.2, 0.25) is 0 Å². The normalized spacial score (nSPS) is 12.6. The molecule has 0 heterocycles. The number of hydrogen-bond donors (Lipinski definition) is 2. The monoisotopic (exact) mass is 346 g/mol. The maximum Gasteiger partial charge on any atom is 0.173 e. The minimum atomic E-state index is -0.246. The van der Waals surface area contributed by atoms with Crippen LogP contribution in [0.2, 0.25) is 0 Å². The predicted octanol–water partition coefficient (Wildman–Crippen LogP) is 5.40. The van der Waals surface area contributed by atoms with E-state index in [2.05, 4.69) is 19.9 Å². The Kier molecular flexibility index (Phi) is 8.26. The molecule has 0 amide bonds. The van der Waals surface area contributed by atoms with Crippen molar-refractivity contribution in [3.8, 4) is 17.2 Å². The highest BCUT2D eigenvalue weighted by molar-refractivity contribution is 6.02. The molecule has 0 radical (unpaired) electrons. The summed E-state index contributed by atoms with van der Waals surface area (Å²) in [5, 5.41) is 19.8. The van der Waals surface area contributed by atoms with E-state index >= 15 is 0 Å². The number of allylic oxidation sites excluding steroid dienone is 3. The molecule has 1 rings (SSSR count). The Morgan fingerprint density at radius 3 is 2.48 bits per heavy atom. The minimum absolute atomic E-state index is 0.127. The number of aromatic hydroxyl groups is 2. The average Bonchev–Trinajstić information content (AvgIpc) is 2.52. The second-order valence-electron chi connectivity index (χ2n) is 6.69. The van der Waals surface area contributed by atoms with Crippen LogP contribution < -0.4 is 4.74 Å². The zero-order valence-corrected chi connectivity index (χ0v) is 15.9. The fourth-order valence-corrected chi connectivity index (χ4v) is 2.34. The summed E-state index contributed by atoms with van der Waals surface area (Å²) < 4.78 is 5.68. The van der Waals surface area contributed by atoms with Crippen LogP contribution in [0.5, 0.6) is 17.2 Å². The Morgan fingerprint density at radius 1 is 1.20 bits per heavy atom. The van der Waals surface area contributed by atoms with Crippen molar-refractivity contribution in [2.45, 2.75) is 53.9 Å². The van der Waals surface area contributed by atoms with Gasteiger partial charge < -0.3 is 14.9 Å². The fraction of sp³-hybridized carbons (Fsp3) is 0.476. The average molecular weight is 346 g/mol. The van der Waals surface area contributed by atoms with Gasteiger partial charge in [-0.3, -0.25) is 4.79 Å². The Bertz CT molecular complexity index is 652. The highest BCUT2D eigenvalue weighted by Gasteiger charge is 2.23. The summed E-state index contributed by atoms with van der Waals surface area (Å²) >= 11 is 0. The molecule has 0 spiro atoms. The zero-order valence-electron chi connectivity index (χ0n) is 15.9. The van der Waals surface area contributed by atoms with Crippen molar-refractivity contribution in [1.82, 2.24) is 0 Å². The molecule has 0 unspecified atom stereocenters. The lowest BCUT2D eigenvalue weighted by molar-refractivity contribution is 0.0920. The first-order valence-electron chi connectivity index (χ1n) is 8.78. The van der Waals surface area contributed by atoms with Crippen LogP contribution in [0.4, 0.5) is 0 Å². The first kappa shape index (κ1) is 20.8. The molecule has 4 heteroatoms. The standard InChI is InChI=1S/C21H30O4/c1-6-16(5)21(24)20-18(23)12-17(22)13-19(20)25-11-10-15(4)9-7-8-14(2)3/h8,10,12-13,16,22-23H,6-7,9,11H2,1-5H3/b15-10+/t16-/m0/s1. The Labute approximate surface area is 150 Å². The van der Waals surface area contributed by atoms with E-state index < -0.39 is 0 Å². The molecular weight excluding hydrogens is 316 g/mol. The summed E-state index contributed by atoms with van der Waals surface area (Å²) in [7, 11) is 0. The van der Waals surface area contributed by atoms with Crippen LogP contribution in [0, 0.1) is 5.92 Å². The second kappa shape index (κ2) is 9.92. The molecule has 1 aromatic carbocycles. The van der Waals surface area contributed by atoms with Crippen LogP contribution in [0.3, 0.4) is 0 Å². The van der Waals surface area contributed by atoms with Gasteiger partial charge in [0.05, 0.1) is 0 Å². The number of benzene rings is 1. The maximum atomic E-state index is 12.5. The molecular formula is C21H30O4. The number of ether oxygens (including phenoxy) is 1. The molecule has 0 aliphatic heterocycles. The van der Waals surface area contributed by atoms with Crippen LogP contribution in [0.1, 0.15) is 64.2 Å². The van der Waals surface area contributed by atoms with E-state index in [0.717, 1.165) is 12.8 Å². The number of carbonyl (C=O) groups excluding carboxylic acids is 1. The molecule has 25 heavy (non-hydrogen) atoms. The maximum absolute atomic E-state index is 12.5. The third-order valence-electron chi connectivity index (χ3n) is 4.13. The Morgan fingerprint density at radius 2 is 1.88 bits per heavy atom. The summed E-state index contributed by atoms with van der Waals surface area (Å²) in [5.74, 6) is -0.559. The van der Waals surface area contributed by atoms with E-state index in [1.807, 2.05) is 26.8 Å². The Balaban J connectivity index is 2.87. The first-order valence-corrected chi connectivity index (χ1v) is 8.78. The SMILES string of the molecule is CC[C@H](C)C(=O)c1c(O)cc(O)cc1OC/C=C(\C)CCC=C(C)C. The van der Waals surface area contributed by atoms with Gasteiger partial charge in [0.25, 0.3) is 0 Å². The number of rotatable bonds is 9. The lowest BCUT2D eigenvalue weighted by Crippen LogP contribution is -2.12. The number of hydrogen-bond acceptors (Lipinski definition) is 4. The highest BCUT2D eigenvalue weighted by atomic mass is 16.5.